The Kier molecular flexibility index (Phi) is 9.81. The van der Waals surface area contributed by atoms with Crippen molar-refractivity contribution in [2.75, 3.05) is 11.5 Å². The van der Waals surface area contributed by atoms with Crippen LogP contribution in [0.25, 0.3) is 0 Å². The van der Waals surface area contributed by atoms with Crippen LogP contribution in [0.2, 0.25) is 0 Å². The van der Waals surface area contributed by atoms with Crippen molar-refractivity contribution < 1.29 is 14.4 Å². The van der Waals surface area contributed by atoms with Crippen LogP contribution >= 0.6 is 12.9 Å². The van der Waals surface area contributed by atoms with Crippen molar-refractivity contribution in [3.8, 4) is 0 Å². The Balaban J connectivity index is 0.00000145. The van der Waals surface area contributed by atoms with Gasteiger partial charge in [-0.25, -0.2) is 0 Å². The summed E-state index contributed by atoms with van der Waals surface area (Å²) in [7, 11) is 0. The predicted octanol–water partition coefficient (Wildman–Crippen LogP) is 4.96. The Morgan fingerprint density at radius 3 is 2.38 bits per heavy atom. The Hall–Kier alpha value is -1.73. The first kappa shape index (κ1) is 23.5. The molecule has 0 spiro atoms. The van der Waals surface area contributed by atoms with Gasteiger partial charge in [0.25, 0.3) is 0 Å². The van der Waals surface area contributed by atoms with Gasteiger partial charge in [-0.05, 0) is 85.3 Å². The van der Waals surface area contributed by atoms with E-state index in [4.69, 9.17) is 20.8 Å². The fraction of sp³-hybridized carbons (Fsp3) is 0.478. The van der Waals surface area contributed by atoms with Crippen LogP contribution in [0.3, 0.4) is 0 Å². The van der Waals surface area contributed by atoms with Crippen LogP contribution in [-0.2, 0) is 11.3 Å². The van der Waals surface area contributed by atoms with Crippen molar-refractivity contribution in [3.63, 3.8) is 0 Å². The van der Waals surface area contributed by atoms with E-state index in [2.05, 4.69) is 38.1 Å². The number of nitrogens with two attached hydrogens (primary N) is 2. The minimum absolute atomic E-state index is 0.262. The fourth-order valence-electron chi connectivity index (χ4n) is 4.10. The molecule has 1 fully saturated rings. The number of aliphatic hydroxyl groups excluding tert-OH is 1. The number of thiol groups is 1. The molecular weight excluding hydrogens is 384 g/mol. The van der Waals surface area contributed by atoms with Crippen LogP contribution in [0.1, 0.15) is 44.6 Å². The highest BCUT2D eigenvalue weighted by Gasteiger charge is 2.24. The maximum atomic E-state index is 10.0. The molecule has 0 bridgehead atoms. The van der Waals surface area contributed by atoms with Crippen molar-refractivity contribution in [3.05, 3.63) is 59.7 Å². The summed E-state index contributed by atoms with van der Waals surface area (Å²) in [6.45, 7) is 2.63. The molecule has 6 N–H and O–H groups in total. The Morgan fingerprint density at radius 1 is 1.14 bits per heavy atom. The predicted molar refractivity (Wildman–Crippen MR) is 123 cm³/mol. The first-order valence-corrected chi connectivity index (χ1v) is 10.6. The quantitative estimate of drug-likeness (QED) is 0.194. The first-order chi connectivity index (χ1) is 14.0. The smallest absolute Gasteiger partial charge is 0.174 e. The zero-order chi connectivity index (χ0) is 21.2. The Morgan fingerprint density at radius 2 is 1.79 bits per heavy atom. The second-order valence-electron chi connectivity index (χ2n) is 8.05. The lowest BCUT2D eigenvalue weighted by molar-refractivity contribution is -0.0732. The van der Waals surface area contributed by atoms with Gasteiger partial charge >= 0.3 is 0 Å². The van der Waals surface area contributed by atoms with Crippen molar-refractivity contribution in [1.82, 2.24) is 0 Å². The van der Waals surface area contributed by atoms with Crippen LogP contribution in [-0.4, -0.2) is 15.9 Å². The Labute approximate surface area is 179 Å². The molecule has 0 saturated heterocycles. The lowest BCUT2D eigenvalue weighted by Crippen LogP contribution is -2.20. The molecule has 0 radical (unpaired) electrons. The summed E-state index contributed by atoms with van der Waals surface area (Å²) in [6, 6.07) is 5.29. The van der Waals surface area contributed by atoms with Crippen molar-refractivity contribution in [2.24, 2.45) is 17.8 Å². The molecule has 160 valence electrons. The molecule has 1 saturated carbocycles. The number of ether oxygens (including phenoxy) is 1. The highest BCUT2D eigenvalue weighted by molar-refractivity contribution is 7.74. The number of benzene rings is 1. The van der Waals surface area contributed by atoms with Gasteiger partial charge in [0, 0.05) is 11.4 Å². The minimum Gasteiger partial charge on any atom is -0.399 e. The average molecular weight is 419 g/mol. The molecule has 2 aliphatic rings. The van der Waals surface area contributed by atoms with E-state index in [0.29, 0.717) is 17.3 Å². The van der Waals surface area contributed by atoms with Gasteiger partial charge in [0.15, 0.2) is 6.29 Å². The Bertz CT molecular complexity index is 705. The van der Waals surface area contributed by atoms with Crippen LogP contribution in [0, 0.1) is 17.8 Å². The monoisotopic (exact) mass is 418 g/mol. The average Bonchev–Trinajstić information content (AvgIpc) is 2.72. The van der Waals surface area contributed by atoms with Gasteiger partial charge in [0.1, 0.15) is 0 Å². The molecule has 0 aliphatic heterocycles. The van der Waals surface area contributed by atoms with E-state index < -0.39 is 6.29 Å². The van der Waals surface area contributed by atoms with Gasteiger partial charge in [-0.15, -0.1) is 0 Å². The standard InChI is InChI=1S/C23H32N2O2.H2OS/c1-16-2-7-19(8-3-16)20-9-4-17(5-10-20)6-11-23(26)27-15-18-12-21(24)14-22(25)13-18;1-2/h4-6,9,11-14,16,19-20,23,26H,2-3,7-8,10,15,24-25H2,1H3;1-2H/b11-6+;. The second-order valence-corrected chi connectivity index (χ2v) is 8.05. The normalized spacial score (nSPS) is 25.2. The number of allylic oxidation sites excluding steroid dienone is 5. The SMILES string of the molecule is CC1CCC(C2C=CC(/C=C/C(O)OCc3cc(N)cc(N)c3)=CC2)CC1.OS. The molecule has 6 heteroatoms. The van der Waals surface area contributed by atoms with Crippen molar-refractivity contribution in [1.29, 1.82) is 0 Å². The zero-order valence-electron chi connectivity index (χ0n) is 17.1. The van der Waals surface area contributed by atoms with Gasteiger partial charge in [0.2, 0.25) is 0 Å². The van der Waals surface area contributed by atoms with Crippen LogP contribution in [0.15, 0.2) is 54.2 Å². The molecule has 0 heterocycles. The fourth-order valence-corrected chi connectivity index (χ4v) is 4.10. The third-order valence-corrected chi connectivity index (χ3v) is 5.74. The van der Waals surface area contributed by atoms with Crippen LogP contribution in [0.5, 0.6) is 0 Å². The number of rotatable bonds is 6. The lowest BCUT2D eigenvalue weighted by Gasteiger charge is -2.32. The molecule has 1 aromatic rings. The van der Waals surface area contributed by atoms with E-state index in [0.717, 1.165) is 29.4 Å². The summed E-state index contributed by atoms with van der Waals surface area (Å²) < 4.78 is 12.2. The minimum atomic E-state index is -0.959. The van der Waals surface area contributed by atoms with Crippen LogP contribution < -0.4 is 11.5 Å². The molecule has 2 atom stereocenters. The van der Waals surface area contributed by atoms with Crippen LogP contribution in [0.4, 0.5) is 11.4 Å². The summed E-state index contributed by atoms with van der Waals surface area (Å²) in [4.78, 5) is 0. The molecule has 29 heavy (non-hydrogen) atoms. The van der Waals surface area contributed by atoms with Crippen molar-refractivity contribution >= 4 is 24.3 Å². The summed E-state index contributed by atoms with van der Waals surface area (Å²) in [5, 5.41) is 10.0. The van der Waals surface area contributed by atoms with E-state index in [9.17, 15) is 5.11 Å². The molecule has 1 aromatic carbocycles. The van der Waals surface area contributed by atoms with Gasteiger partial charge in [-0.1, -0.05) is 44.1 Å². The third kappa shape index (κ3) is 7.90. The van der Waals surface area contributed by atoms with E-state index in [1.807, 2.05) is 6.08 Å². The highest BCUT2D eigenvalue weighted by atomic mass is 32.1. The molecule has 5 nitrogen and oxygen atoms in total. The molecular formula is C23H34N2O3S. The number of hydrogen-bond donors (Lipinski definition) is 5. The number of anilines is 2. The number of aliphatic hydroxyl groups is 1. The van der Waals surface area contributed by atoms with E-state index >= 15 is 0 Å². The molecule has 2 unspecified atom stereocenters. The van der Waals surface area contributed by atoms with Crippen molar-refractivity contribution in [2.45, 2.75) is 51.9 Å². The molecule has 2 aliphatic carbocycles. The summed E-state index contributed by atoms with van der Waals surface area (Å²) >= 11 is 2.53. The first-order valence-electron chi connectivity index (χ1n) is 10.2. The summed E-state index contributed by atoms with van der Waals surface area (Å²) in [6.07, 6.45) is 16.0. The maximum Gasteiger partial charge on any atom is 0.174 e. The van der Waals surface area contributed by atoms with Gasteiger partial charge in [-0.3, -0.25) is 0 Å². The van der Waals surface area contributed by atoms with Gasteiger partial charge < -0.3 is 25.9 Å². The summed E-state index contributed by atoms with van der Waals surface area (Å²) in [5.41, 5.74) is 14.7. The lowest BCUT2D eigenvalue weighted by atomic mass is 9.74. The number of hydrogen-bond acceptors (Lipinski definition) is 6. The molecule has 0 aromatic heterocycles. The second kappa shape index (κ2) is 12.1. The summed E-state index contributed by atoms with van der Waals surface area (Å²) in [5.74, 6) is 2.40. The van der Waals surface area contributed by atoms with E-state index in [1.165, 1.54) is 25.7 Å². The highest BCUT2D eigenvalue weighted by Crippen LogP contribution is 2.37. The topological polar surface area (TPSA) is 102 Å². The molecule has 0 amide bonds. The van der Waals surface area contributed by atoms with Gasteiger partial charge in [-0.2, -0.15) is 0 Å². The molecule has 3 rings (SSSR count). The zero-order valence-corrected chi connectivity index (χ0v) is 18.0. The van der Waals surface area contributed by atoms with E-state index in [-0.39, 0.29) is 6.61 Å². The number of nitrogen functional groups attached to an aromatic ring is 2. The maximum absolute atomic E-state index is 10.0. The van der Waals surface area contributed by atoms with E-state index in [1.54, 1.807) is 24.3 Å². The third-order valence-electron chi connectivity index (χ3n) is 5.74. The van der Waals surface area contributed by atoms with Gasteiger partial charge in [0.05, 0.1) is 6.61 Å². The largest absolute Gasteiger partial charge is 0.399 e.